The van der Waals surface area contributed by atoms with Gasteiger partial charge in [-0.25, -0.2) is 8.42 Å². The molecular weight excluding hydrogens is 494 g/mol. The van der Waals surface area contributed by atoms with Crippen LogP contribution < -0.4 is 14.8 Å². The molecule has 0 radical (unpaired) electrons. The minimum Gasteiger partial charge on any atom is -0.494 e. The van der Waals surface area contributed by atoms with E-state index in [9.17, 15) is 33.2 Å². The number of benzene rings is 3. The number of aliphatic hydroxyl groups is 1. The number of methoxy groups -OCH3 is 1. The third-order valence-corrected chi connectivity index (χ3v) is 6.50. The number of aliphatic hydroxyl groups excluding tert-OH is 1. The smallest absolute Gasteiger partial charge is 0.327 e. The molecule has 0 heterocycles. The van der Waals surface area contributed by atoms with Crippen LogP contribution in [-0.4, -0.2) is 56.2 Å². The molecule has 13 heteroatoms. The fraction of sp³-hybridized carbons (Fsp3) is 0.217. The van der Waals surface area contributed by atoms with Gasteiger partial charge in [0, 0.05) is 6.07 Å². The van der Waals surface area contributed by atoms with Gasteiger partial charge in [0.05, 0.1) is 34.8 Å². The van der Waals surface area contributed by atoms with Gasteiger partial charge >= 0.3 is 5.97 Å². The van der Waals surface area contributed by atoms with E-state index in [0.717, 1.165) is 17.5 Å². The zero-order chi connectivity index (χ0) is 26.5. The third-order valence-electron chi connectivity index (χ3n) is 5.07. The largest absolute Gasteiger partial charge is 0.494 e. The number of fused-ring (bicyclic) bond motifs is 1. The molecular formula is C23H23N3O9S. The summed E-state index contributed by atoms with van der Waals surface area (Å²) in [7, 11) is -2.98. The van der Waals surface area contributed by atoms with Crippen molar-refractivity contribution in [3.8, 4) is 5.75 Å². The van der Waals surface area contributed by atoms with Crippen molar-refractivity contribution in [2.45, 2.75) is 24.0 Å². The Bertz CT molecular complexity index is 1410. The summed E-state index contributed by atoms with van der Waals surface area (Å²) < 4.78 is 37.7. The number of hydrogen-bond acceptors (Lipinski definition) is 9. The Morgan fingerprint density at radius 2 is 1.78 bits per heavy atom. The number of nitro groups is 1. The summed E-state index contributed by atoms with van der Waals surface area (Å²) in [5, 5.41) is 24.7. The maximum absolute atomic E-state index is 12.8. The fourth-order valence-corrected chi connectivity index (χ4v) is 4.52. The van der Waals surface area contributed by atoms with Crippen molar-refractivity contribution in [3.63, 3.8) is 0 Å². The van der Waals surface area contributed by atoms with E-state index in [0.29, 0.717) is 5.39 Å². The second-order valence-corrected chi connectivity index (χ2v) is 9.36. The molecule has 0 unspecified atom stereocenters. The highest BCUT2D eigenvalue weighted by atomic mass is 32.2. The topological polar surface area (TPSA) is 174 Å². The lowest BCUT2D eigenvalue weighted by atomic mass is 10.1. The summed E-state index contributed by atoms with van der Waals surface area (Å²) in [5.74, 6) is -1.99. The van der Waals surface area contributed by atoms with Gasteiger partial charge in [-0.05, 0) is 35.9 Å². The van der Waals surface area contributed by atoms with E-state index >= 15 is 0 Å². The Morgan fingerprint density at radius 3 is 2.42 bits per heavy atom. The van der Waals surface area contributed by atoms with Crippen molar-refractivity contribution >= 4 is 44.0 Å². The van der Waals surface area contributed by atoms with Gasteiger partial charge in [-0.1, -0.05) is 30.3 Å². The summed E-state index contributed by atoms with van der Waals surface area (Å²) in [6.45, 7) is 0.372. The van der Waals surface area contributed by atoms with Gasteiger partial charge < -0.3 is 19.9 Å². The predicted octanol–water partition coefficient (Wildman–Crippen LogP) is 1.97. The number of nitrogens with one attached hydrogen (secondary N) is 2. The van der Waals surface area contributed by atoms with E-state index in [1.807, 2.05) is 12.1 Å². The number of anilines is 1. The number of hydrogen-bond donors (Lipinski definition) is 3. The van der Waals surface area contributed by atoms with E-state index in [-0.39, 0.29) is 22.0 Å². The van der Waals surface area contributed by atoms with Crippen LogP contribution in [0.2, 0.25) is 0 Å². The second-order valence-electron chi connectivity index (χ2n) is 7.65. The van der Waals surface area contributed by atoms with Crippen LogP contribution in [0.15, 0.2) is 65.6 Å². The molecule has 0 spiro atoms. The summed E-state index contributed by atoms with van der Waals surface area (Å²) >= 11 is 0. The molecule has 0 saturated heterocycles. The SMILES string of the molecule is COc1cc([N+](=O)[O-])ccc1NC(=O)COC(=O)[C@H](NS(=O)(=O)c1ccc2ccccc2c1)[C@H](C)O. The number of sulfonamides is 1. The van der Waals surface area contributed by atoms with Crippen LogP contribution in [0.5, 0.6) is 5.75 Å². The van der Waals surface area contributed by atoms with Crippen LogP contribution in [0.1, 0.15) is 6.92 Å². The second kappa shape index (κ2) is 11.1. The molecule has 3 aromatic carbocycles. The van der Waals surface area contributed by atoms with Crippen molar-refractivity contribution in [2.75, 3.05) is 19.0 Å². The number of ether oxygens (including phenoxy) is 2. The van der Waals surface area contributed by atoms with E-state index < -0.39 is 45.6 Å². The number of nitrogens with zero attached hydrogens (tertiary/aromatic N) is 1. The molecule has 0 fully saturated rings. The quantitative estimate of drug-likeness (QED) is 0.206. The van der Waals surface area contributed by atoms with Crippen LogP contribution in [0.3, 0.4) is 0 Å². The highest BCUT2D eigenvalue weighted by Gasteiger charge is 2.31. The lowest BCUT2D eigenvalue weighted by molar-refractivity contribution is -0.384. The number of carbonyl (C=O) groups is 2. The molecule has 36 heavy (non-hydrogen) atoms. The first-order chi connectivity index (χ1) is 17.0. The van der Waals surface area contributed by atoms with Gasteiger partial charge in [0.15, 0.2) is 6.61 Å². The van der Waals surface area contributed by atoms with Gasteiger partial charge in [0.25, 0.3) is 11.6 Å². The molecule has 3 aromatic rings. The highest BCUT2D eigenvalue weighted by Crippen LogP contribution is 2.29. The first-order valence-electron chi connectivity index (χ1n) is 10.5. The molecule has 0 aliphatic rings. The van der Waals surface area contributed by atoms with Gasteiger partial charge in [0.1, 0.15) is 11.8 Å². The lowest BCUT2D eigenvalue weighted by Crippen LogP contribution is -2.48. The molecule has 3 rings (SSSR count). The van der Waals surface area contributed by atoms with Crippen molar-refractivity contribution in [2.24, 2.45) is 0 Å². The monoisotopic (exact) mass is 517 g/mol. The molecule has 0 aromatic heterocycles. The van der Waals surface area contributed by atoms with Crippen LogP contribution in [-0.2, 0) is 24.3 Å². The predicted molar refractivity (Wildman–Crippen MR) is 129 cm³/mol. The zero-order valence-electron chi connectivity index (χ0n) is 19.2. The molecule has 3 N–H and O–H groups in total. The van der Waals surface area contributed by atoms with Gasteiger partial charge in [-0.2, -0.15) is 4.72 Å². The third kappa shape index (κ3) is 6.33. The molecule has 2 atom stereocenters. The van der Waals surface area contributed by atoms with Crippen LogP contribution in [0.25, 0.3) is 10.8 Å². The first-order valence-corrected chi connectivity index (χ1v) is 12.0. The van der Waals surface area contributed by atoms with Crippen molar-refractivity contribution in [3.05, 3.63) is 70.8 Å². The number of esters is 1. The molecule has 190 valence electrons. The Kier molecular flexibility index (Phi) is 8.19. The first kappa shape index (κ1) is 26.5. The molecule has 0 bridgehead atoms. The van der Waals surface area contributed by atoms with Crippen LogP contribution in [0, 0.1) is 10.1 Å². The Labute approximate surface area is 206 Å². The Hall–Kier alpha value is -4.07. The average molecular weight is 518 g/mol. The van der Waals surface area contributed by atoms with Crippen molar-refractivity contribution in [1.29, 1.82) is 0 Å². The molecule has 0 aliphatic heterocycles. The normalized spacial score (nSPS) is 13.0. The Balaban J connectivity index is 1.67. The van der Waals surface area contributed by atoms with Crippen LogP contribution >= 0.6 is 0 Å². The number of nitro benzene ring substituents is 1. The molecule has 0 saturated carbocycles. The van der Waals surface area contributed by atoms with E-state index in [1.54, 1.807) is 18.2 Å². The van der Waals surface area contributed by atoms with Crippen molar-refractivity contribution < 1.29 is 37.5 Å². The summed E-state index contributed by atoms with van der Waals surface area (Å²) in [6.07, 6.45) is -1.48. The zero-order valence-corrected chi connectivity index (χ0v) is 20.0. The van der Waals surface area contributed by atoms with Crippen LogP contribution in [0.4, 0.5) is 11.4 Å². The van der Waals surface area contributed by atoms with Gasteiger partial charge in [-0.3, -0.25) is 19.7 Å². The number of non-ortho nitro benzene ring substituents is 1. The minimum absolute atomic E-state index is 0.00822. The number of rotatable bonds is 10. The fourth-order valence-electron chi connectivity index (χ4n) is 3.22. The average Bonchev–Trinajstić information content (AvgIpc) is 2.85. The highest BCUT2D eigenvalue weighted by molar-refractivity contribution is 7.89. The van der Waals surface area contributed by atoms with Gasteiger partial charge in [-0.15, -0.1) is 0 Å². The van der Waals surface area contributed by atoms with E-state index in [4.69, 9.17) is 9.47 Å². The summed E-state index contributed by atoms with van der Waals surface area (Å²) in [4.78, 5) is 34.9. The van der Waals surface area contributed by atoms with E-state index in [1.165, 1.54) is 32.2 Å². The molecule has 1 amide bonds. The number of amides is 1. The number of carbonyl (C=O) groups excluding carboxylic acids is 2. The summed E-state index contributed by atoms with van der Waals surface area (Å²) in [6, 6.07) is 13.3. The Morgan fingerprint density at radius 1 is 1.08 bits per heavy atom. The lowest BCUT2D eigenvalue weighted by Gasteiger charge is -2.20. The van der Waals surface area contributed by atoms with Crippen molar-refractivity contribution in [1.82, 2.24) is 4.72 Å². The van der Waals surface area contributed by atoms with Gasteiger partial charge in [0.2, 0.25) is 10.0 Å². The summed E-state index contributed by atoms with van der Waals surface area (Å²) in [5.41, 5.74) is -0.164. The minimum atomic E-state index is -4.23. The molecule has 12 nitrogen and oxygen atoms in total. The maximum Gasteiger partial charge on any atom is 0.327 e. The maximum atomic E-state index is 12.8. The molecule has 0 aliphatic carbocycles. The van der Waals surface area contributed by atoms with E-state index in [2.05, 4.69) is 10.0 Å². The standard InChI is InChI=1S/C23H23N3O9S/c1-14(27)22(25-36(32,33)18-9-7-15-5-3-4-6-16(15)11-18)23(29)35-13-21(28)24-19-10-8-17(26(30)31)12-20(19)34-2/h3-12,14,22,25,27H,13H2,1-2H3,(H,24,28)/t14-,22+/m0/s1.